The number of pyridine rings is 2. The molecule has 1 aliphatic carbocycles. The molecule has 2 aromatic rings. The third-order valence-corrected chi connectivity index (χ3v) is 6.49. The van der Waals surface area contributed by atoms with Gasteiger partial charge in [0.25, 0.3) is 5.66 Å². The lowest BCUT2D eigenvalue weighted by atomic mass is 9.98. The van der Waals surface area contributed by atoms with Crippen LogP contribution in [0.5, 0.6) is 0 Å². The summed E-state index contributed by atoms with van der Waals surface area (Å²) in [7, 11) is 1.30. The van der Waals surface area contributed by atoms with Gasteiger partial charge in [-0.3, -0.25) is 5.32 Å². The molecule has 4 heterocycles. The van der Waals surface area contributed by atoms with E-state index in [1.165, 1.54) is 21.5 Å². The van der Waals surface area contributed by atoms with Crippen molar-refractivity contribution in [3.05, 3.63) is 35.5 Å². The maximum absolute atomic E-state index is 14.3. The molecule has 5 rings (SSSR count). The molecular formula is C21H21F5N5O2P. The van der Waals surface area contributed by atoms with Crippen LogP contribution in [0.4, 0.5) is 38.4 Å². The molecule has 182 valence electrons. The number of alkyl halides is 5. The number of hydrogen-bond acceptors (Lipinski definition) is 6. The predicted octanol–water partition coefficient (Wildman–Crippen LogP) is 4.42. The van der Waals surface area contributed by atoms with Gasteiger partial charge in [0.05, 0.1) is 16.8 Å². The van der Waals surface area contributed by atoms with E-state index in [1.807, 2.05) is 0 Å². The van der Waals surface area contributed by atoms with E-state index in [1.54, 1.807) is 4.90 Å². The molecule has 1 amide bonds. The van der Waals surface area contributed by atoms with Crippen LogP contribution in [-0.4, -0.2) is 47.4 Å². The van der Waals surface area contributed by atoms with Crippen LogP contribution in [0.3, 0.4) is 0 Å². The third-order valence-electron chi connectivity index (χ3n) is 6.18. The molecule has 2 N–H and O–H groups in total. The number of nitrogens with zero attached hydrogens (tertiary/aromatic N) is 3. The number of aromatic nitrogens is 2. The number of fused-ring (bicyclic) bond motifs is 1. The topological polar surface area (TPSA) is 79.4 Å². The molecule has 0 spiro atoms. The highest BCUT2D eigenvalue weighted by atomic mass is 31.0. The van der Waals surface area contributed by atoms with Gasteiger partial charge >= 0.3 is 12.3 Å². The average Bonchev–Trinajstić information content (AvgIpc) is 3.62. The number of amides is 1. The SMILES string of the molecule is O=C1Nc2nccc(-c3cc(C(F)(F)F)cc(N4CCNC(C5CC5)C4)n3)c2[C@H](C(F)(F)P)O1. The van der Waals surface area contributed by atoms with Crippen LogP contribution < -0.4 is 15.5 Å². The van der Waals surface area contributed by atoms with Crippen LogP contribution in [0.2, 0.25) is 0 Å². The number of rotatable bonds is 4. The van der Waals surface area contributed by atoms with Crippen LogP contribution >= 0.6 is 9.24 Å². The molecule has 13 heteroatoms. The molecule has 34 heavy (non-hydrogen) atoms. The van der Waals surface area contributed by atoms with Gasteiger partial charge in [0.2, 0.25) is 0 Å². The minimum atomic E-state index is -4.68. The second kappa shape index (κ2) is 8.27. The molecule has 0 bridgehead atoms. The number of cyclic esters (lactones) is 1. The summed E-state index contributed by atoms with van der Waals surface area (Å²) in [5.41, 5.74) is -4.97. The van der Waals surface area contributed by atoms with Crippen LogP contribution in [0, 0.1) is 5.92 Å². The van der Waals surface area contributed by atoms with E-state index in [0.29, 0.717) is 25.6 Å². The van der Waals surface area contributed by atoms with Crippen molar-refractivity contribution in [2.24, 2.45) is 5.92 Å². The highest BCUT2D eigenvalue weighted by molar-refractivity contribution is 7.18. The van der Waals surface area contributed by atoms with Crippen molar-refractivity contribution in [3.63, 3.8) is 0 Å². The first kappa shape index (κ1) is 23.2. The number of hydrogen-bond donors (Lipinski definition) is 2. The Kier molecular flexibility index (Phi) is 5.63. The molecule has 2 aromatic heterocycles. The van der Waals surface area contributed by atoms with E-state index < -0.39 is 29.6 Å². The number of anilines is 2. The molecule has 1 saturated heterocycles. The number of nitrogens with one attached hydrogen (secondary N) is 2. The lowest BCUT2D eigenvalue weighted by Gasteiger charge is -2.35. The molecule has 0 aromatic carbocycles. The third kappa shape index (κ3) is 4.53. The first-order chi connectivity index (χ1) is 16.0. The number of carbonyl (C=O) groups is 1. The lowest BCUT2D eigenvalue weighted by molar-refractivity contribution is -0.137. The van der Waals surface area contributed by atoms with E-state index >= 15 is 0 Å². The van der Waals surface area contributed by atoms with E-state index in [0.717, 1.165) is 25.0 Å². The number of ether oxygens (including phenoxy) is 1. The summed E-state index contributed by atoms with van der Waals surface area (Å²) < 4.78 is 74.9. The monoisotopic (exact) mass is 501 g/mol. The van der Waals surface area contributed by atoms with Crippen LogP contribution in [-0.2, 0) is 10.9 Å². The van der Waals surface area contributed by atoms with Gasteiger partial charge < -0.3 is 15.0 Å². The fraction of sp³-hybridized carbons (Fsp3) is 0.476. The largest absolute Gasteiger partial charge is 0.434 e. The number of halogens is 5. The number of piperazine rings is 1. The smallest absolute Gasteiger partial charge is 0.416 e. The van der Waals surface area contributed by atoms with Gasteiger partial charge in [-0.15, -0.1) is 0 Å². The van der Waals surface area contributed by atoms with Crippen LogP contribution in [0.25, 0.3) is 11.3 Å². The molecule has 3 atom stereocenters. The quantitative estimate of drug-likeness (QED) is 0.477. The first-order valence-corrected chi connectivity index (χ1v) is 11.3. The maximum atomic E-state index is 14.3. The van der Waals surface area contributed by atoms with Crippen molar-refractivity contribution in [2.75, 3.05) is 29.9 Å². The van der Waals surface area contributed by atoms with E-state index in [2.05, 4.69) is 20.6 Å². The van der Waals surface area contributed by atoms with Gasteiger partial charge in [-0.25, -0.2) is 14.8 Å². The molecule has 1 saturated carbocycles. The van der Waals surface area contributed by atoms with Crippen molar-refractivity contribution in [1.82, 2.24) is 15.3 Å². The zero-order chi connectivity index (χ0) is 24.3. The zero-order valence-corrected chi connectivity index (χ0v) is 18.9. The summed E-state index contributed by atoms with van der Waals surface area (Å²) in [6.45, 7) is 1.55. The van der Waals surface area contributed by atoms with Gasteiger partial charge in [-0.1, -0.05) is 9.24 Å². The molecule has 2 aliphatic heterocycles. The van der Waals surface area contributed by atoms with Gasteiger partial charge in [-0.05, 0) is 37.0 Å². The fourth-order valence-electron chi connectivity index (χ4n) is 4.40. The molecule has 3 aliphatic rings. The van der Waals surface area contributed by atoms with Gasteiger partial charge in [0, 0.05) is 37.4 Å². The second-order valence-corrected chi connectivity index (χ2v) is 9.42. The summed E-state index contributed by atoms with van der Waals surface area (Å²) in [4.78, 5) is 21.9. The maximum Gasteiger partial charge on any atom is 0.416 e. The normalized spacial score (nSPS) is 23.2. The second-order valence-electron chi connectivity index (χ2n) is 8.65. The van der Waals surface area contributed by atoms with Crippen molar-refractivity contribution in [2.45, 2.75) is 36.8 Å². The summed E-state index contributed by atoms with van der Waals surface area (Å²) in [6.07, 6.45) is -4.51. The molecule has 2 fully saturated rings. The molecule has 2 unspecified atom stereocenters. The van der Waals surface area contributed by atoms with E-state index in [9.17, 15) is 26.7 Å². The van der Waals surface area contributed by atoms with Gasteiger partial charge in [0.15, 0.2) is 6.10 Å². The summed E-state index contributed by atoms with van der Waals surface area (Å²) >= 11 is 0. The average molecular weight is 501 g/mol. The summed E-state index contributed by atoms with van der Waals surface area (Å²) in [6, 6.07) is 3.24. The highest BCUT2D eigenvalue weighted by Crippen LogP contribution is 2.48. The fourth-order valence-corrected chi connectivity index (χ4v) is 4.64. The van der Waals surface area contributed by atoms with Crippen molar-refractivity contribution in [3.8, 4) is 11.3 Å². The van der Waals surface area contributed by atoms with Gasteiger partial charge in [-0.2, -0.15) is 22.0 Å². The Balaban J connectivity index is 1.63. The Hall–Kier alpha value is -2.59. The van der Waals surface area contributed by atoms with Crippen LogP contribution in [0.15, 0.2) is 24.4 Å². The molecule has 7 nitrogen and oxygen atoms in total. The van der Waals surface area contributed by atoms with Crippen molar-refractivity contribution in [1.29, 1.82) is 0 Å². The summed E-state index contributed by atoms with van der Waals surface area (Å²) in [5.74, 6) is 0.390. The Morgan fingerprint density at radius 3 is 2.62 bits per heavy atom. The van der Waals surface area contributed by atoms with Crippen molar-refractivity contribution >= 4 is 27.0 Å². The Morgan fingerprint density at radius 1 is 1.18 bits per heavy atom. The minimum absolute atomic E-state index is 0.0293. The van der Waals surface area contributed by atoms with Crippen molar-refractivity contribution < 1.29 is 31.5 Å². The van der Waals surface area contributed by atoms with Gasteiger partial charge in [0.1, 0.15) is 11.6 Å². The first-order valence-electron chi connectivity index (χ1n) is 10.7. The predicted molar refractivity (Wildman–Crippen MR) is 117 cm³/mol. The standard InChI is InChI=1S/C21H21F5N5O2P/c22-20(23,24)11-7-13(29-15(8-11)31-6-5-27-14(9-31)10-1-2-10)12-3-4-28-18-16(12)17(21(25,26)34)33-19(32)30-18/h3-4,7-8,10,14,17,27H,1-2,5-6,9,34H2,(H,28,30,32)/t14?,17-/m1/s1. The summed E-state index contributed by atoms with van der Waals surface area (Å²) in [5, 5.41) is 5.63. The lowest BCUT2D eigenvalue weighted by Crippen LogP contribution is -2.52. The Labute approximate surface area is 193 Å². The highest BCUT2D eigenvalue weighted by Gasteiger charge is 2.45. The molecular weight excluding hydrogens is 480 g/mol. The molecule has 0 radical (unpaired) electrons. The minimum Gasteiger partial charge on any atom is -0.434 e. The van der Waals surface area contributed by atoms with E-state index in [-0.39, 0.29) is 34.5 Å². The Morgan fingerprint density at radius 2 is 1.94 bits per heavy atom. The Bertz CT molecular complexity index is 1120. The zero-order valence-electron chi connectivity index (χ0n) is 17.7. The number of carbonyl (C=O) groups excluding carboxylic acids is 1. The van der Waals surface area contributed by atoms with Crippen LogP contribution in [0.1, 0.15) is 30.1 Å². The van der Waals surface area contributed by atoms with E-state index in [4.69, 9.17) is 4.74 Å².